The number of aryl methyl sites for hydroxylation is 1. The Kier molecular flexibility index (Phi) is 4.60. The van der Waals surface area contributed by atoms with Crippen LogP contribution in [-0.2, 0) is 0 Å². The fraction of sp³-hybridized carbons (Fsp3) is 0.0455. The molecule has 0 aliphatic carbocycles. The van der Waals surface area contributed by atoms with E-state index in [1.807, 2.05) is 54.0 Å². The molecule has 0 saturated heterocycles. The standard InChI is InChI=1S/C22H18N4O2/c1-15-23-19-14-17(12-13-20(19)26(15)18-10-6-3-7-11-18)22(28)25-24-21(27)16-8-4-2-5-9-16/h2-14H,1H3,(H,24,27)(H,25,28). The van der Waals surface area contributed by atoms with Gasteiger partial charge in [0.05, 0.1) is 11.0 Å². The SMILES string of the molecule is Cc1nc2cc(C(=O)NNC(=O)c3ccccc3)ccc2n1-c1ccccc1. The van der Waals surface area contributed by atoms with Crippen molar-refractivity contribution >= 4 is 22.8 Å². The normalized spacial score (nSPS) is 10.6. The molecule has 0 unspecified atom stereocenters. The largest absolute Gasteiger partial charge is 0.297 e. The monoisotopic (exact) mass is 370 g/mol. The first-order valence-electron chi connectivity index (χ1n) is 8.84. The zero-order valence-corrected chi connectivity index (χ0v) is 15.2. The van der Waals surface area contributed by atoms with Crippen molar-refractivity contribution in [2.24, 2.45) is 0 Å². The molecule has 0 spiro atoms. The van der Waals surface area contributed by atoms with Gasteiger partial charge in [-0.05, 0) is 49.4 Å². The van der Waals surface area contributed by atoms with Crippen molar-refractivity contribution in [2.45, 2.75) is 6.92 Å². The van der Waals surface area contributed by atoms with Gasteiger partial charge in [-0.25, -0.2) is 4.98 Å². The fourth-order valence-corrected chi connectivity index (χ4v) is 3.09. The number of fused-ring (bicyclic) bond motifs is 1. The number of rotatable bonds is 3. The highest BCUT2D eigenvalue weighted by molar-refractivity contribution is 6.00. The van der Waals surface area contributed by atoms with Crippen LogP contribution in [0.1, 0.15) is 26.5 Å². The number of carbonyl (C=O) groups excluding carboxylic acids is 2. The fourth-order valence-electron chi connectivity index (χ4n) is 3.09. The first kappa shape index (κ1) is 17.5. The second-order valence-corrected chi connectivity index (χ2v) is 6.31. The molecule has 0 aliphatic rings. The number of nitrogens with one attached hydrogen (secondary N) is 2. The lowest BCUT2D eigenvalue weighted by molar-refractivity contribution is 0.0847. The number of amides is 2. The maximum atomic E-state index is 12.4. The summed E-state index contributed by atoms with van der Waals surface area (Å²) >= 11 is 0. The van der Waals surface area contributed by atoms with Crippen LogP contribution < -0.4 is 10.9 Å². The predicted molar refractivity (Wildman–Crippen MR) is 107 cm³/mol. The lowest BCUT2D eigenvalue weighted by Gasteiger charge is -2.08. The van der Waals surface area contributed by atoms with E-state index in [0.717, 1.165) is 17.0 Å². The minimum Gasteiger partial charge on any atom is -0.297 e. The van der Waals surface area contributed by atoms with Gasteiger partial charge < -0.3 is 0 Å². The Morgan fingerprint density at radius 1 is 0.786 bits per heavy atom. The zero-order valence-electron chi connectivity index (χ0n) is 15.2. The number of nitrogens with zero attached hydrogens (tertiary/aromatic N) is 2. The van der Waals surface area contributed by atoms with Crippen LogP contribution >= 0.6 is 0 Å². The molecule has 2 N–H and O–H groups in total. The third kappa shape index (κ3) is 3.35. The molecule has 138 valence electrons. The molecule has 4 aromatic rings. The molecule has 0 atom stereocenters. The summed E-state index contributed by atoms with van der Waals surface area (Å²) in [5.74, 6) is 0.0495. The van der Waals surface area contributed by atoms with Crippen LogP contribution in [0.15, 0.2) is 78.9 Å². The Morgan fingerprint density at radius 3 is 2.07 bits per heavy atom. The number of hydrogen-bond donors (Lipinski definition) is 2. The quantitative estimate of drug-likeness (QED) is 0.543. The topological polar surface area (TPSA) is 76.0 Å². The van der Waals surface area contributed by atoms with Crippen LogP contribution in [0.25, 0.3) is 16.7 Å². The molecule has 28 heavy (non-hydrogen) atoms. The first-order valence-corrected chi connectivity index (χ1v) is 8.84. The summed E-state index contributed by atoms with van der Waals surface area (Å²) in [6, 6.07) is 23.9. The molecule has 4 rings (SSSR count). The van der Waals surface area contributed by atoms with E-state index in [2.05, 4.69) is 15.8 Å². The minimum atomic E-state index is -0.405. The highest BCUT2D eigenvalue weighted by Crippen LogP contribution is 2.22. The van der Waals surface area contributed by atoms with Gasteiger partial charge in [0.1, 0.15) is 5.82 Å². The van der Waals surface area contributed by atoms with E-state index in [1.54, 1.807) is 36.4 Å². The van der Waals surface area contributed by atoms with Crippen LogP contribution in [0, 0.1) is 6.92 Å². The van der Waals surface area contributed by atoms with E-state index in [1.165, 1.54) is 0 Å². The second-order valence-electron chi connectivity index (χ2n) is 6.31. The molecule has 1 aromatic heterocycles. The lowest BCUT2D eigenvalue weighted by Crippen LogP contribution is -2.41. The van der Waals surface area contributed by atoms with Crippen LogP contribution in [0.5, 0.6) is 0 Å². The molecule has 0 aliphatic heterocycles. The molecule has 2 amide bonds. The van der Waals surface area contributed by atoms with Gasteiger partial charge in [0.15, 0.2) is 0 Å². The van der Waals surface area contributed by atoms with Gasteiger partial charge in [0.25, 0.3) is 11.8 Å². The molecule has 0 bridgehead atoms. The summed E-state index contributed by atoms with van der Waals surface area (Å²) in [4.78, 5) is 29.1. The van der Waals surface area contributed by atoms with Gasteiger partial charge in [-0.3, -0.25) is 25.0 Å². The van der Waals surface area contributed by atoms with Crippen molar-refractivity contribution in [1.29, 1.82) is 0 Å². The summed E-state index contributed by atoms with van der Waals surface area (Å²) in [6.45, 7) is 1.92. The van der Waals surface area contributed by atoms with E-state index in [9.17, 15) is 9.59 Å². The molecule has 0 fully saturated rings. The van der Waals surface area contributed by atoms with Crippen LogP contribution in [0.2, 0.25) is 0 Å². The van der Waals surface area contributed by atoms with Crippen molar-refractivity contribution in [2.75, 3.05) is 0 Å². The van der Waals surface area contributed by atoms with E-state index in [-0.39, 0.29) is 5.91 Å². The Hall–Kier alpha value is -3.93. The molecular formula is C22H18N4O2. The minimum absolute atomic E-state index is 0.376. The average molecular weight is 370 g/mol. The lowest BCUT2D eigenvalue weighted by atomic mass is 10.2. The van der Waals surface area contributed by atoms with E-state index < -0.39 is 5.91 Å². The molecule has 6 nitrogen and oxygen atoms in total. The van der Waals surface area contributed by atoms with Gasteiger partial charge in [0.2, 0.25) is 0 Å². The number of aromatic nitrogens is 2. The number of hydrogen-bond acceptors (Lipinski definition) is 3. The maximum absolute atomic E-state index is 12.4. The van der Waals surface area contributed by atoms with Gasteiger partial charge >= 0.3 is 0 Å². The Labute approximate surface area is 161 Å². The van der Waals surface area contributed by atoms with Crippen LogP contribution in [0.3, 0.4) is 0 Å². The Morgan fingerprint density at radius 2 is 1.39 bits per heavy atom. The Bertz CT molecular complexity index is 1150. The van der Waals surface area contributed by atoms with E-state index in [0.29, 0.717) is 16.6 Å². The van der Waals surface area contributed by atoms with Crippen molar-refractivity contribution in [3.8, 4) is 5.69 Å². The third-order valence-corrected chi connectivity index (χ3v) is 4.42. The first-order chi connectivity index (χ1) is 13.6. The summed E-state index contributed by atoms with van der Waals surface area (Å²) in [6.07, 6.45) is 0. The maximum Gasteiger partial charge on any atom is 0.269 e. The molecule has 0 saturated carbocycles. The highest BCUT2D eigenvalue weighted by atomic mass is 16.2. The number of hydrazine groups is 1. The summed E-state index contributed by atoms with van der Waals surface area (Å²) in [5, 5.41) is 0. The van der Waals surface area contributed by atoms with Crippen molar-refractivity contribution < 1.29 is 9.59 Å². The average Bonchev–Trinajstić information content (AvgIpc) is 3.07. The Balaban J connectivity index is 1.55. The second kappa shape index (κ2) is 7.36. The van der Waals surface area contributed by atoms with Crippen molar-refractivity contribution in [3.05, 3.63) is 95.8 Å². The summed E-state index contributed by atoms with van der Waals surface area (Å²) < 4.78 is 2.04. The molecule has 0 radical (unpaired) electrons. The zero-order chi connectivity index (χ0) is 19.5. The number of carbonyl (C=O) groups is 2. The summed E-state index contributed by atoms with van der Waals surface area (Å²) in [7, 11) is 0. The smallest absolute Gasteiger partial charge is 0.269 e. The molecule has 6 heteroatoms. The number of benzene rings is 3. The highest BCUT2D eigenvalue weighted by Gasteiger charge is 2.13. The van der Waals surface area contributed by atoms with Crippen LogP contribution in [-0.4, -0.2) is 21.4 Å². The number of imidazole rings is 1. The third-order valence-electron chi connectivity index (χ3n) is 4.42. The van der Waals surface area contributed by atoms with Gasteiger partial charge in [0, 0.05) is 16.8 Å². The van der Waals surface area contributed by atoms with Crippen LogP contribution in [0.4, 0.5) is 0 Å². The van der Waals surface area contributed by atoms with Crippen molar-refractivity contribution in [1.82, 2.24) is 20.4 Å². The molecule has 1 heterocycles. The van der Waals surface area contributed by atoms with E-state index >= 15 is 0 Å². The van der Waals surface area contributed by atoms with Gasteiger partial charge in [-0.1, -0.05) is 36.4 Å². The van der Waals surface area contributed by atoms with Crippen molar-refractivity contribution in [3.63, 3.8) is 0 Å². The van der Waals surface area contributed by atoms with E-state index in [4.69, 9.17) is 0 Å². The number of para-hydroxylation sites is 1. The van der Waals surface area contributed by atoms with Gasteiger partial charge in [-0.2, -0.15) is 0 Å². The predicted octanol–water partition coefficient (Wildman–Crippen LogP) is 3.41. The summed E-state index contributed by atoms with van der Waals surface area (Å²) in [5.41, 5.74) is 8.38. The molecular weight excluding hydrogens is 352 g/mol. The van der Waals surface area contributed by atoms with Gasteiger partial charge in [-0.15, -0.1) is 0 Å². The molecule has 3 aromatic carbocycles.